The molecule has 0 aromatic heterocycles. The van der Waals surface area contributed by atoms with Crippen LogP contribution < -0.4 is 4.74 Å². The van der Waals surface area contributed by atoms with Crippen LogP contribution in [0.3, 0.4) is 0 Å². The second-order valence-electron chi connectivity index (χ2n) is 4.27. The van der Waals surface area contributed by atoms with Crippen LogP contribution in [0.2, 0.25) is 0 Å². The molecule has 0 saturated heterocycles. The van der Waals surface area contributed by atoms with E-state index in [1.807, 2.05) is 42.5 Å². The maximum absolute atomic E-state index is 9.79. The van der Waals surface area contributed by atoms with Crippen LogP contribution in [0, 0.1) is 11.3 Å². The lowest BCUT2D eigenvalue weighted by atomic mass is 10.0. The van der Waals surface area contributed by atoms with E-state index < -0.39 is 12.2 Å². The van der Waals surface area contributed by atoms with E-state index >= 15 is 0 Å². The third kappa shape index (κ3) is 2.29. The summed E-state index contributed by atoms with van der Waals surface area (Å²) in [5.74, 6) is 0.595. The van der Waals surface area contributed by atoms with E-state index in [9.17, 15) is 5.11 Å². The zero-order chi connectivity index (χ0) is 13.1. The van der Waals surface area contributed by atoms with E-state index in [-0.39, 0.29) is 0 Å². The fraction of sp³-hybridized carbons (Fsp3) is 0.267. The number of nitriles is 1. The Balaban J connectivity index is 2.63. The average Bonchev–Trinajstić information content (AvgIpc) is 2.38. The van der Waals surface area contributed by atoms with Gasteiger partial charge in [0, 0.05) is 10.9 Å². The Labute approximate surface area is 106 Å². The predicted octanol–water partition coefficient (Wildman–Crippen LogP) is 3.18. The highest BCUT2D eigenvalue weighted by Crippen LogP contribution is 2.34. The summed E-state index contributed by atoms with van der Waals surface area (Å²) in [6.45, 7) is 3.38. The summed E-state index contributed by atoms with van der Waals surface area (Å²) in [4.78, 5) is 0. The molecule has 0 aliphatic rings. The lowest BCUT2D eigenvalue weighted by Gasteiger charge is -2.17. The topological polar surface area (TPSA) is 53.2 Å². The molecule has 1 N–H and O–H groups in total. The van der Waals surface area contributed by atoms with Gasteiger partial charge in [-0.25, -0.2) is 0 Å². The molecule has 1 unspecified atom stereocenters. The quantitative estimate of drug-likeness (QED) is 0.897. The van der Waals surface area contributed by atoms with Crippen molar-refractivity contribution in [2.75, 3.05) is 0 Å². The lowest BCUT2D eigenvalue weighted by Crippen LogP contribution is -2.11. The maximum Gasteiger partial charge on any atom is 0.181 e. The molecule has 0 radical (unpaired) electrons. The summed E-state index contributed by atoms with van der Waals surface area (Å²) < 4.78 is 5.65. The molecule has 3 nitrogen and oxygen atoms in total. The number of hydrogen-bond donors (Lipinski definition) is 1. The van der Waals surface area contributed by atoms with Gasteiger partial charge in [-0.1, -0.05) is 36.4 Å². The first-order valence-electron chi connectivity index (χ1n) is 5.89. The molecule has 2 rings (SSSR count). The molecule has 0 amide bonds. The van der Waals surface area contributed by atoms with Gasteiger partial charge in [0.05, 0.1) is 6.10 Å². The van der Waals surface area contributed by atoms with Gasteiger partial charge in [-0.3, -0.25) is 0 Å². The fourth-order valence-electron chi connectivity index (χ4n) is 1.92. The summed E-state index contributed by atoms with van der Waals surface area (Å²) in [6, 6.07) is 13.6. The Kier molecular flexibility index (Phi) is 3.50. The van der Waals surface area contributed by atoms with E-state index in [4.69, 9.17) is 10.00 Å². The molecule has 0 fully saturated rings. The Morgan fingerprint density at radius 3 is 2.56 bits per heavy atom. The first-order chi connectivity index (χ1) is 8.63. The van der Waals surface area contributed by atoms with Crippen LogP contribution in [0.1, 0.15) is 25.5 Å². The number of fused-ring (bicyclic) bond motifs is 1. The highest BCUT2D eigenvalue weighted by molar-refractivity contribution is 5.89. The lowest BCUT2D eigenvalue weighted by molar-refractivity contribution is 0.188. The van der Waals surface area contributed by atoms with Crippen molar-refractivity contribution in [3.05, 3.63) is 42.0 Å². The van der Waals surface area contributed by atoms with Crippen molar-refractivity contribution < 1.29 is 9.84 Å². The molecule has 2 aromatic rings. The molecule has 2 aromatic carbocycles. The zero-order valence-corrected chi connectivity index (χ0v) is 10.4. The van der Waals surface area contributed by atoms with Gasteiger partial charge in [-0.15, -0.1) is 0 Å². The predicted molar refractivity (Wildman–Crippen MR) is 70.3 cm³/mol. The van der Waals surface area contributed by atoms with Crippen molar-refractivity contribution in [2.24, 2.45) is 0 Å². The van der Waals surface area contributed by atoms with Gasteiger partial charge < -0.3 is 9.84 Å². The third-order valence-corrected chi connectivity index (χ3v) is 2.84. The molecule has 0 aliphatic heterocycles. The van der Waals surface area contributed by atoms with E-state index in [0.717, 1.165) is 10.8 Å². The summed E-state index contributed by atoms with van der Waals surface area (Å²) >= 11 is 0. The van der Waals surface area contributed by atoms with Gasteiger partial charge in [0.1, 0.15) is 11.8 Å². The molecular weight excluding hydrogens is 226 g/mol. The molecule has 0 aliphatic carbocycles. The number of aliphatic hydroxyl groups is 1. The number of nitrogens with zero attached hydrogens (tertiary/aromatic N) is 1. The smallest absolute Gasteiger partial charge is 0.181 e. The molecule has 92 valence electrons. The van der Waals surface area contributed by atoms with Gasteiger partial charge in [0.2, 0.25) is 0 Å². The van der Waals surface area contributed by atoms with Crippen molar-refractivity contribution in [1.82, 2.24) is 0 Å². The maximum atomic E-state index is 9.79. The van der Waals surface area contributed by atoms with Crippen LogP contribution in [-0.4, -0.2) is 11.2 Å². The molecule has 0 saturated carbocycles. The number of ether oxygens (including phenoxy) is 1. The molecule has 0 bridgehead atoms. The summed E-state index contributed by atoms with van der Waals surface area (Å²) in [5, 5.41) is 20.6. The Morgan fingerprint density at radius 1 is 1.17 bits per heavy atom. The van der Waals surface area contributed by atoms with Crippen molar-refractivity contribution in [3.63, 3.8) is 0 Å². The number of aliphatic hydroxyl groups excluding tert-OH is 1. The van der Waals surface area contributed by atoms with E-state index in [1.54, 1.807) is 13.8 Å². The first-order valence-corrected chi connectivity index (χ1v) is 5.89. The third-order valence-electron chi connectivity index (χ3n) is 2.84. The van der Waals surface area contributed by atoms with E-state index in [2.05, 4.69) is 0 Å². The van der Waals surface area contributed by atoms with Gasteiger partial charge in [0.15, 0.2) is 6.10 Å². The number of rotatable bonds is 3. The van der Waals surface area contributed by atoms with Crippen molar-refractivity contribution in [1.29, 1.82) is 5.26 Å². The molecule has 0 spiro atoms. The number of benzene rings is 2. The van der Waals surface area contributed by atoms with Crippen LogP contribution >= 0.6 is 0 Å². The molecule has 3 heteroatoms. The molecule has 18 heavy (non-hydrogen) atoms. The highest BCUT2D eigenvalue weighted by Gasteiger charge is 2.15. The van der Waals surface area contributed by atoms with Crippen LogP contribution in [-0.2, 0) is 0 Å². The standard InChI is InChI=1S/C15H15NO2/c1-10(9-16)18-15-13(11(2)17)8-7-12-5-3-4-6-14(12)15/h3-8,10-11,17H,1-2H3/t10?,11-/m0/s1. The van der Waals surface area contributed by atoms with Gasteiger partial charge in [-0.05, 0) is 19.2 Å². The SMILES string of the molecule is CC(C#N)Oc1c([C@H](C)O)ccc2ccccc12. The Morgan fingerprint density at radius 2 is 1.89 bits per heavy atom. The van der Waals surface area contributed by atoms with Crippen molar-refractivity contribution in [3.8, 4) is 11.8 Å². The van der Waals surface area contributed by atoms with Crippen molar-refractivity contribution in [2.45, 2.75) is 26.1 Å². The second kappa shape index (κ2) is 5.07. The Hall–Kier alpha value is -2.05. The van der Waals surface area contributed by atoms with Crippen LogP contribution in [0.15, 0.2) is 36.4 Å². The van der Waals surface area contributed by atoms with Crippen LogP contribution in [0.25, 0.3) is 10.8 Å². The van der Waals surface area contributed by atoms with Gasteiger partial charge in [0.25, 0.3) is 0 Å². The largest absolute Gasteiger partial charge is 0.475 e. The number of hydrogen-bond acceptors (Lipinski definition) is 3. The van der Waals surface area contributed by atoms with Crippen molar-refractivity contribution >= 4 is 10.8 Å². The molecule has 0 heterocycles. The zero-order valence-electron chi connectivity index (χ0n) is 10.4. The highest BCUT2D eigenvalue weighted by atomic mass is 16.5. The normalized spacial score (nSPS) is 13.9. The average molecular weight is 241 g/mol. The minimum Gasteiger partial charge on any atom is -0.475 e. The minimum atomic E-state index is -0.629. The van der Waals surface area contributed by atoms with Gasteiger partial charge in [-0.2, -0.15) is 5.26 Å². The summed E-state index contributed by atoms with van der Waals surface area (Å²) in [6.07, 6.45) is -1.18. The van der Waals surface area contributed by atoms with E-state index in [0.29, 0.717) is 11.3 Å². The fourth-order valence-corrected chi connectivity index (χ4v) is 1.92. The monoisotopic (exact) mass is 241 g/mol. The summed E-state index contributed by atoms with van der Waals surface area (Å²) in [5.41, 5.74) is 0.704. The van der Waals surface area contributed by atoms with E-state index in [1.165, 1.54) is 0 Å². The minimum absolute atomic E-state index is 0.548. The van der Waals surface area contributed by atoms with Crippen LogP contribution in [0.4, 0.5) is 0 Å². The van der Waals surface area contributed by atoms with Crippen LogP contribution in [0.5, 0.6) is 5.75 Å². The van der Waals surface area contributed by atoms with Gasteiger partial charge >= 0.3 is 0 Å². The Bertz CT molecular complexity index is 599. The second-order valence-corrected chi connectivity index (χ2v) is 4.27. The summed E-state index contributed by atoms with van der Waals surface area (Å²) in [7, 11) is 0. The molecule has 2 atom stereocenters. The first kappa shape index (κ1) is 12.4. The molecular formula is C15H15NO2.